The Morgan fingerprint density at radius 1 is 1.20 bits per heavy atom. The second kappa shape index (κ2) is 7.88. The molecule has 3 rings (SSSR count). The van der Waals surface area contributed by atoms with Crippen LogP contribution in [0.5, 0.6) is 5.75 Å². The maximum atomic E-state index is 12.1. The van der Waals surface area contributed by atoms with E-state index in [1.807, 2.05) is 0 Å². The molecule has 1 aliphatic rings. The Bertz CT molecular complexity index is 702. The number of carboxylic acid groups (broad SMARTS) is 1. The third-order valence-electron chi connectivity index (χ3n) is 4.31. The van der Waals surface area contributed by atoms with Crippen molar-refractivity contribution in [1.29, 1.82) is 0 Å². The number of rotatable bonds is 7. The van der Waals surface area contributed by atoms with Crippen molar-refractivity contribution < 1.29 is 23.8 Å². The molecule has 0 radical (unpaired) electrons. The predicted molar refractivity (Wildman–Crippen MR) is 87.9 cm³/mol. The summed E-state index contributed by atoms with van der Waals surface area (Å²) in [5.74, 6) is -0.830. The number of aliphatic carboxylic acids is 1. The third kappa shape index (κ3) is 4.62. The lowest BCUT2D eigenvalue weighted by Gasteiger charge is -2.20. The molecule has 1 aliphatic carbocycles. The van der Waals surface area contributed by atoms with Crippen LogP contribution in [0, 0.1) is 0 Å². The fraction of sp³-hybridized carbons (Fsp3) is 0.368. The van der Waals surface area contributed by atoms with Crippen molar-refractivity contribution in [2.75, 3.05) is 0 Å². The Labute approximate surface area is 145 Å². The Morgan fingerprint density at radius 3 is 2.52 bits per heavy atom. The van der Waals surface area contributed by atoms with Crippen LogP contribution in [0.4, 0.5) is 0 Å². The molecule has 1 atom stereocenters. The largest absolute Gasteiger partial charge is 0.550 e. The van der Waals surface area contributed by atoms with Gasteiger partial charge in [0, 0.05) is 12.4 Å². The molecule has 0 spiro atoms. The number of nitrogens with one attached hydrogen (secondary N) is 1. The van der Waals surface area contributed by atoms with Crippen molar-refractivity contribution in [1.82, 2.24) is 5.32 Å². The maximum Gasteiger partial charge on any atom is 0.287 e. The summed E-state index contributed by atoms with van der Waals surface area (Å²) in [7, 11) is 0. The molecule has 0 bridgehead atoms. The van der Waals surface area contributed by atoms with E-state index in [0.29, 0.717) is 5.56 Å². The molecular formula is C19H20NO5-. The first kappa shape index (κ1) is 17.1. The molecule has 6 heteroatoms. The van der Waals surface area contributed by atoms with Crippen LogP contribution in [0.25, 0.3) is 0 Å². The lowest BCUT2D eigenvalue weighted by molar-refractivity contribution is -0.306. The number of carboxylic acids is 1. The van der Waals surface area contributed by atoms with Crippen LogP contribution in [0.15, 0.2) is 47.1 Å². The number of furan rings is 1. The standard InChI is InChI=1S/C19H21NO5/c21-18(22)12-16(20-19(23)17-6-3-11-24-17)13-7-9-15(10-8-13)25-14-4-1-2-5-14/h3,6-11,14,16H,1-2,4-5,12H2,(H,20,23)(H,21,22)/p-1/t16-/m1/s1. The van der Waals surface area contributed by atoms with Gasteiger partial charge in [0.1, 0.15) is 5.75 Å². The van der Waals surface area contributed by atoms with Gasteiger partial charge < -0.3 is 24.4 Å². The zero-order valence-corrected chi connectivity index (χ0v) is 13.8. The summed E-state index contributed by atoms with van der Waals surface area (Å²) < 4.78 is 10.9. The van der Waals surface area contributed by atoms with Crippen molar-refractivity contribution in [3.05, 3.63) is 54.0 Å². The molecule has 1 saturated carbocycles. The lowest BCUT2D eigenvalue weighted by atomic mass is 10.0. The average Bonchev–Trinajstić information content (AvgIpc) is 3.28. The summed E-state index contributed by atoms with van der Waals surface area (Å²) in [6.45, 7) is 0. The van der Waals surface area contributed by atoms with Gasteiger partial charge in [0.25, 0.3) is 5.91 Å². The molecule has 25 heavy (non-hydrogen) atoms. The second-order valence-electron chi connectivity index (χ2n) is 6.17. The van der Waals surface area contributed by atoms with Gasteiger partial charge in [0.15, 0.2) is 5.76 Å². The monoisotopic (exact) mass is 342 g/mol. The van der Waals surface area contributed by atoms with Gasteiger partial charge in [-0.1, -0.05) is 12.1 Å². The van der Waals surface area contributed by atoms with Crippen LogP contribution >= 0.6 is 0 Å². The Balaban J connectivity index is 1.69. The molecule has 2 aromatic rings. The van der Waals surface area contributed by atoms with E-state index in [-0.39, 0.29) is 18.3 Å². The van der Waals surface area contributed by atoms with Gasteiger partial charge >= 0.3 is 0 Å². The van der Waals surface area contributed by atoms with Crippen molar-refractivity contribution in [2.45, 2.75) is 44.2 Å². The number of hydrogen-bond donors (Lipinski definition) is 1. The van der Waals surface area contributed by atoms with Gasteiger partial charge in [-0.05, 0) is 55.5 Å². The Hall–Kier alpha value is -2.76. The van der Waals surface area contributed by atoms with Gasteiger partial charge in [-0.25, -0.2) is 0 Å². The topological polar surface area (TPSA) is 91.6 Å². The van der Waals surface area contributed by atoms with Crippen molar-refractivity contribution in [3.8, 4) is 5.75 Å². The lowest BCUT2D eigenvalue weighted by Crippen LogP contribution is -2.34. The number of hydrogen-bond acceptors (Lipinski definition) is 5. The SMILES string of the molecule is O=C([O-])C[C@@H](NC(=O)c1ccco1)c1ccc(OC2CCCC2)cc1. The van der Waals surface area contributed by atoms with Crippen LogP contribution in [0.1, 0.15) is 54.3 Å². The smallest absolute Gasteiger partial charge is 0.287 e. The maximum absolute atomic E-state index is 12.1. The first-order valence-electron chi connectivity index (χ1n) is 8.42. The predicted octanol–water partition coefficient (Wildman–Crippen LogP) is 2.21. The van der Waals surface area contributed by atoms with E-state index in [1.54, 1.807) is 30.3 Å². The summed E-state index contributed by atoms with van der Waals surface area (Å²) in [5, 5.41) is 13.7. The van der Waals surface area contributed by atoms with Crippen molar-refractivity contribution in [2.24, 2.45) is 0 Å². The molecule has 6 nitrogen and oxygen atoms in total. The molecule has 1 aromatic carbocycles. The van der Waals surface area contributed by atoms with E-state index in [9.17, 15) is 14.7 Å². The number of ether oxygens (including phenoxy) is 1. The molecular weight excluding hydrogens is 322 g/mol. The van der Waals surface area contributed by atoms with E-state index in [4.69, 9.17) is 9.15 Å². The minimum absolute atomic E-state index is 0.129. The highest BCUT2D eigenvalue weighted by molar-refractivity contribution is 5.91. The first-order valence-corrected chi connectivity index (χ1v) is 8.42. The van der Waals surface area contributed by atoms with Crippen LogP contribution < -0.4 is 15.2 Å². The van der Waals surface area contributed by atoms with Crippen LogP contribution in [-0.4, -0.2) is 18.0 Å². The molecule has 1 N–H and O–H groups in total. The normalized spacial score (nSPS) is 15.7. The third-order valence-corrected chi connectivity index (χ3v) is 4.31. The quantitative estimate of drug-likeness (QED) is 0.833. The van der Waals surface area contributed by atoms with Crippen molar-refractivity contribution in [3.63, 3.8) is 0 Å². The highest BCUT2D eigenvalue weighted by atomic mass is 16.5. The highest BCUT2D eigenvalue weighted by Gasteiger charge is 2.19. The van der Waals surface area contributed by atoms with Gasteiger partial charge in [-0.2, -0.15) is 0 Å². The fourth-order valence-electron chi connectivity index (χ4n) is 3.03. The second-order valence-corrected chi connectivity index (χ2v) is 6.17. The summed E-state index contributed by atoms with van der Waals surface area (Å²) >= 11 is 0. The summed E-state index contributed by atoms with van der Waals surface area (Å²) in [6, 6.07) is 9.54. The van der Waals surface area contributed by atoms with Crippen molar-refractivity contribution >= 4 is 11.9 Å². The summed E-state index contributed by atoms with van der Waals surface area (Å²) in [4.78, 5) is 23.2. The molecule has 1 fully saturated rings. The van der Waals surface area contributed by atoms with Gasteiger partial charge in [0.2, 0.25) is 0 Å². The molecule has 1 heterocycles. The zero-order valence-electron chi connectivity index (χ0n) is 13.8. The molecule has 1 aromatic heterocycles. The number of benzene rings is 1. The van der Waals surface area contributed by atoms with E-state index in [2.05, 4.69) is 5.32 Å². The molecule has 0 saturated heterocycles. The zero-order chi connectivity index (χ0) is 17.6. The molecule has 132 valence electrons. The van der Waals surface area contributed by atoms with E-state index < -0.39 is 17.9 Å². The Morgan fingerprint density at radius 2 is 1.92 bits per heavy atom. The molecule has 0 aliphatic heterocycles. The first-order chi connectivity index (χ1) is 12.1. The van der Waals surface area contributed by atoms with Crippen LogP contribution in [-0.2, 0) is 4.79 Å². The van der Waals surface area contributed by atoms with E-state index in [0.717, 1.165) is 18.6 Å². The van der Waals surface area contributed by atoms with Gasteiger partial charge in [0.05, 0.1) is 18.4 Å². The highest BCUT2D eigenvalue weighted by Crippen LogP contribution is 2.26. The van der Waals surface area contributed by atoms with Gasteiger partial charge in [-0.3, -0.25) is 4.79 Å². The number of amides is 1. The molecule has 0 unspecified atom stereocenters. The minimum atomic E-state index is -1.24. The Kier molecular flexibility index (Phi) is 5.38. The average molecular weight is 342 g/mol. The summed E-state index contributed by atoms with van der Waals surface area (Å²) in [5.41, 5.74) is 0.669. The van der Waals surface area contributed by atoms with E-state index in [1.165, 1.54) is 25.2 Å². The number of carbonyl (C=O) groups is 2. The summed E-state index contributed by atoms with van der Waals surface area (Å²) in [6.07, 6.45) is 5.82. The van der Waals surface area contributed by atoms with Crippen LogP contribution in [0.3, 0.4) is 0 Å². The van der Waals surface area contributed by atoms with Crippen LogP contribution in [0.2, 0.25) is 0 Å². The number of carbonyl (C=O) groups excluding carboxylic acids is 2. The van der Waals surface area contributed by atoms with Gasteiger partial charge in [-0.15, -0.1) is 0 Å². The fourth-order valence-corrected chi connectivity index (χ4v) is 3.03. The van der Waals surface area contributed by atoms with E-state index >= 15 is 0 Å². The minimum Gasteiger partial charge on any atom is -0.550 e. The molecule has 1 amide bonds.